The molecule has 6 heteroatoms. The van der Waals surface area contributed by atoms with Gasteiger partial charge in [-0.3, -0.25) is 0 Å². The molecule has 0 saturated carbocycles. The lowest BCUT2D eigenvalue weighted by molar-refractivity contribution is 0.0602. The van der Waals surface area contributed by atoms with Crippen molar-refractivity contribution in [1.29, 1.82) is 5.26 Å². The highest BCUT2D eigenvalue weighted by atomic mass is 19.1. The van der Waals surface area contributed by atoms with Gasteiger partial charge in [0.15, 0.2) is 0 Å². The zero-order valence-electron chi connectivity index (χ0n) is 11.2. The standard InChI is InChI=1S/C15H12FN3O2/c1-21-15(20)11-6-14(12(16)7-13(11)18)19-10-4-2-3-9(5-10)8-17/h2-7,19H,18H2,1H3. The minimum atomic E-state index is -0.652. The maximum Gasteiger partial charge on any atom is 0.340 e. The van der Waals surface area contributed by atoms with Crippen molar-refractivity contribution in [2.24, 2.45) is 0 Å². The number of halogens is 1. The predicted molar refractivity (Wildman–Crippen MR) is 76.6 cm³/mol. The summed E-state index contributed by atoms with van der Waals surface area (Å²) in [4.78, 5) is 11.6. The molecular formula is C15H12FN3O2. The molecule has 2 rings (SSSR count). The highest BCUT2D eigenvalue weighted by Crippen LogP contribution is 2.26. The second kappa shape index (κ2) is 5.92. The van der Waals surface area contributed by atoms with Gasteiger partial charge in [0, 0.05) is 11.4 Å². The van der Waals surface area contributed by atoms with Gasteiger partial charge in [-0.25, -0.2) is 9.18 Å². The van der Waals surface area contributed by atoms with E-state index in [1.165, 1.54) is 13.2 Å². The zero-order valence-corrected chi connectivity index (χ0v) is 11.2. The van der Waals surface area contributed by atoms with Crippen LogP contribution >= 0.6 is 0 Å². The summed E-state index contributed by atoms with van der Waals surface area (Å²) in [6.07, 6.45) is 0. The summed E-state index contributed by atoms with van der Waals surface area (Å²) in [6.45, 7) is 0. The Morgan fingerprint density at radius 1 is 1.38 bits per heavy atom. The van der Waals surface area contributed by atoms with Crippen molar-refractivity contribution in [3.05, 3.63) is 53.3 Å². The Morgan fingerprint density at radius 2 is 2.14 bits per heavy atom. The molecule has 106 valence electrons. The summed E-state index contributed by atoms with van der Waals surface area (Å²) in [5.41, 5.74) is 6.68. The van der Waals surface area contributed by atoms with Crippen LogP contribution in [-0.2, 0) is 4.74 Å². The summed E-state index contributed by atoms with van der Waals surface area (Å²) in [6, 6.07) is 10.8. The monoisotopic (exact) mass is 285 g/mol. The fourth-order valence-electron chi connectivity index (χ4n) is 1.79. The summed E-state index contributed by atoms with van der Waals surface area (Å²) in [5, 5.41) is 11.6. The van der Waals surface area contributed by atoms with Gasteiger partial charge in [-0.05, 0) is 30.3 Å². The molecule has 0 amide bonds. The maximum atomic E-state index is 13.9. The average Bonchev–Trinajstić information content (AvgIpc) is 2.49. The van der Waals surface area contributed by atoms with Crippen molar-refractivity contribution in [3.63, 3.8) is 0 Å². The third kappa shape index (κ3) is 3.09. The van der Waals surface area contributed by atoms with Crippen LogP contribution in [-0.4, -0.2) is 13.1 Å². The lowest BCUT2D eigenvalue weighted by Crippen LogP contribution is -2.07. The summed E-state index contributed by atoms with van der Waals surface area (Å²) >= 11 is 0. The Bertz CT molecular complexity index is 738. The molecule has 0 aromatic heterocycles. The number of benzene rings is 2. The second-order valence-corrected chi connectivity index (χ2v) is 4.23. The second-order valence-electron chi connectivity index (χ2n) is 4.23. The quantitative estimate of drug-likeness (QED) is 0.668. The largest absolute Gasteiger partial charge is 0.465 e. The zero-order chi connectivity index (χ0) is 15.4. The lowest BCUT2D eigenvalue weighted by Gasteiger charge is -2.11. The molecule has 0 radical (unpaired) electrons. The van der Waals surface area contributed by atoms with Crippen LogP contribution in [0.25, 0.3) is 0 Å². The van der Waals surface area contributed by atoms with Crippen molar-refractivity contribution in [1.82, 2.24) is 0 Å². The number of esters is 1. The third-order valence-corrected chi connectivity index (χ3v) is 2.82. The number of nitrogens with zero attached hydrogens (tertiary/aromatic N) is 1. The topological polar surface area (TPSA) is 88.1 Å². The van der Waals surface area contributed by atoms with Crippen molar-refractivity contribution >= 4 is 23.0 Å². The molecule has 2 aromatic carbocycles. The fraction of sp³-hybridized carbons (Fsp3) is 0.0667. The van der Waals surface area contributed by atoms with Gasteiger partial charge < -0.3 is 15.8 Å². The van der Waals surface area contributed by atoms with Crippen molar-refractivity contribution < 1.29 is 13.9 Å². The number of hydrogen-bond acceptors (Lipinski definition) is 5. The van der Waals surface area contributed by atoms with Gasteiger partial charge in [0.05, 0.1) is 30.0 Å². The van der Waals surface area contributed by atoms with E-state index in [1.54, 1.807) is 24.3 Å². The van der Waals surface area contributed by atoms with E-state index in [2.05, 4.69) is 10.1 Å². The minimum Gasteiger partial charge on any atom is -0.465 e. The van der Waals surface area contributed by atoms with E-state index in [1.807, 2.05) is 6.07 Å². The highest BCUT2D eigenvalue weighted by Gasteiger charge is 2.14. The van der Waals surface area contributed by atoms with Gasteiger partial charge in [-0.1, -0.05) is 6.07 Å². The molecule has 0 bridgehead atoms. The first-order valence-corrected chi connectivity index (χ1v) is 5.99. The Labute approximate surface area is 120 Å². The minimum absolute atomic E-state index is 0.00400. The molecule has 0 spiro atoms. The maximum absolute atomic E-state index is 13.9. The molecule has 21 heavy (non-hydrogen) atoms. The number of nitrogens with two attached hydrogens (primary N) is 1. The number of rotatable bonds is 3. The number of hydrogen-bond donors (Lipinski definition) is 2. The molecule has 3 N–H and O–H groups in total. The first-order valence-electron chi connectivity index (χ1n) is 5.99. The molecule has 0 fully saturated rings. The van der Waals surface area contributed by atoms with Crippen LogP contribution in [0.4, 0.5) is 21.5 Å². The number of nitrogen functional groups attached to an aromatic ring is 1. The van der Waals surface area contributed by atoms with Crippen LogP contribution < -0.4 is 11.1 Å². The summed E-state index contributed by atoms with van der Waals surface area (Å²) in [7, 11) is 1.22. The van der Waals surface area contributed by atoms with E-state index in [9.17, 15) is 9.18 Å². The molecule has 0 aliphatic heterocycles. The van der Waals surface area contributed by atoms with E-state index >= 15 is 0 Å². The number of anilines is 3. The summed E-state index contributed by atoms with van der Waals surface area (Å²) < 4.78 is 18.5. The van der Waals surface area contributed by atoms with Crippen LogP contribution in [0.15, 0.2) is 36.4 Å². The van der Waals surface area contributed by atoms with E-state index < -0.39 is 11.8 Å². The Hall–Kier alpha value is -3.07. The number of carbonyl (C=O) groups is 1. The third-order valence-electron chi connectivity index (χ3n) is 2.82. The Kier molecular flexibility index (Phi) is 4.05. The molecule has 2 aromatic rings. The van der Waals surface area contributed by atoms with Crippen molar-refractivity contribution in [3.8, 4) is 6.07 Å². The van der Waals surface area contributed by atoms with E-state index in [-0.39, 0.29) is 16.9 Å². The Balaban J connectivity index is 2.39. The van der Waals surface area contributed by atoms with Crippen LogP contribution in [0, 0.1) is 17.1 Å². The number of carbonyl (C=O) groups excluding carboxylic acids is 1. The first-order chi connectivity index (χ1) is 10.0. The molecule has 0 aliphatic rings. The van der Waals surface area contributed by atoms with Gasteiger partial charge >= 0.3 is 5.97 Å². The number of ether oxygens (including phenoxy) is 1. The van der Waals surface area contributed by atoms with Crippen LogP contribution in [0.2, 0.25) is 0 Å². The number of methoxy groups -OCH3 is 1. The van der Waals surface area contributed by atoms with Gasteiger partial charge in [0.1, 0.15) is 5.82 Å². The molecule has 0 heterocycles. The highest BCUT2D eigenvalue weighted by molar-refractivity contribution is 5.96. The smallest absolute Gasteiger partial charge is 0.340 e. The molecule has 5 nitrogen and oxygen atoms in total. The molecule has 0 saturated heterocycles. The van der Waals surface area contributed by atoms with Crippen LogP contribution in [0.1, 0.15) is 15.9 Å². The first kappa shape index (κ1) is 14.3. The molecular weight excluding hydrogens is 273 g/mol. The number of nitrogens with one attached hydrogen (secondary N) is 1. The normalized spacial score (nSPS) is 9.76. The lowest BCUT2D eigenvalue weighted by atomic mass is 10.1. The van der Waals surface area contributed by atoms with Gasteiger partial charge in [-0.15, -0.1) is 0 Å². The van der Waals surface area contributed by atoms with Gasteiger partial charge in [-0.2, -0.15) is 5.26 Å². The fourth-order valence-corrected chi connectivity index (χ4v) is 1.79. The van der Waals surface area contributed by atoms with Gasteiger partial charge in [0.2, 0.25) is 0 Å². The van der Waals surface area contributed by atoms with E-state index in [0.29, 0.717) is 11.3 Å². The van der Waals surface area contributed by atoms with E-state index in [4.69, 9.17) is 11.0 Å². The predicted octanol–water partition coefficient (Wildman–Crippen LogP) is 2.81. The van der Waals surface area contributed by atoms with Crippen molar-refractivity contribution in [2.45, 2.75) is 0 Å². The van der Waals surface area contributed by atoms with Gasteiger partial charge in [0.25, 0.3) is 0 Å². The van der Waals surface area contributed by atoms with Crippen molar-refractivity contribution in [2.75, 3.05) is 18.2 Å². The summed E-state index contributed by atoms with van der Waals surface area (Å²) in [5.74, 6) is -1.26. The SMILES string of the molecule is COC(=O)c1cc(Nc2cccc(C#N)c2)c(F)cc1N. The number of nitriles is 1. The van der Waals surface area contributed by atoms with Crippen LogP contribution in [0.5, 0.6) is 0 Å². The Morgan fingerprint density at radius 3 is 2.81 bits per heavy atom. The molecule has 0 atom stereocenters. The van der Waals surface area contributed by atoms with E-state index in [0.717, 1.165) is 6.07 Å². The van der Waals surface area contributed by atoms with Crippen LogP contribution in [0.3, 0.4) is 0 Å². The molecule has 0 unspecified atom stereocenters. The molecule has 0 aliphatic carbocycles. The average molecular weight is 285 g/mol.